The number of pyridine rings is 1. The molecule has 1 saturated heterocycles. The van der Waals surface area contributed by atoms with E-state index in [2.05, 4.69) is 27.1 Å². The van der Waals surface area contributed by atoms with E-state index >= 15 is 0 Å². The second-order valence-electron chi connectivity index (χ2n) is 6.73. The number of likely N-dealkylation sites (tertiary alicyclic amines) is 1. The highest BCUT2D eigenvalue weighted by atomic mass is 16.5. The van der Waals surface area contributed by atoms with Crippen molar-refractivity contribution in [2.75, 3.05) is 13.1 Å². The number of rotatable bonds is 5. The van der Waals surface area contributed by atoms with Crippen molar-refractivity contribution < 1.29 is 9.32 Å². The number of aryl methyl sites for hydroxylation is 1. The third kappa shape index (κ3) is 3.34. The summed E-state index contributed by atoms with van der Waals surface area (Å²) in [5.41, 5.74) is 2.17. The van der Waals surface area contributed by atoms with E-state index in [1.54, 1.807) is 17.1 Å². The zero-order valence-electron chi connectivity index (χ0n) is 15.6. The lowest BCUT2D eigenvalue weighted by molar-refractivity contribution is 0.0792. The van der Waals surface area contributed by atoms with Crippen molar-refractivity contribution in [2.24, 2.45) is 0 Å². The van der Waals surface area contributed by atoms with Crippen LogP contribution in [-0.2, 0) is 6.42 Å². The van der Waals surface area contributed by atoms with Crippen LogP contribution in [0.1, 0.15) is 48.1 Å². The van der Waals surface area contributed by atoms with Crippen molar-refractivity contribution >= 4 is 5.91 Å². The summed E-state index contributed by atoms with van der Waals surface area (Å²) in [6.45, 7) is 5.60. The maximum atomic E-state index is 12.6. The lowest BCUT2D eigenvalue weighted by Crippen LogP contribution is -2.27. The smallest absolute Gasteiger partial charge is 0.259 e. The third-order valence-corrected chi connectivity index (χ3v) is 4.79. The minimum absolute atomic E-state index is 0.0437. The molecule has 0 spiro atoms. The molecule has 3 aromatic heterocycles. The van der Waals surface area contributed by atoms with E-state index in [0.29, 0.717) is 23.1 Å². The normalized spacial score (nSPS) is 14.1. The molecule has 0 atom stereocenters. The highest BCUT2D eigenvalue weighted by molar-refractivity contribution is 5.95. The Kier molecular flexibility index (Phi) is 4.70. The summed E-state index contributed by atoms with van der Waals surface area (Å²) < 4.78 is 6.98. The van der Waals surface area contributed by atoms with Crippen LogP contribution in [0.4, 0.5) is 0 Å². The monoisotopic (exact) mass is 366 g/mol. The number of nitrogens with zero attached hydrogens (tertiary/aromatic N) is 6. The summed E-state index contributed by atoms with van der Waals surface area (Å²) in [6.07, 6.45) is 7.19. The van der Waals surface area contributed by atoms with Crippen LogP contribution < -0.4 is 0 Å². The van der Waals surface area contributed by atoms with Crippen molar-refractivity contribution in [3.63, 3.8) is 0 Å². The van der Waals surface area contributed by atoms with Gasteiger partial charge in [0.1, 0.15) is 0 Å². The Morgan fingerprint density at radius 1 is 1.22 bits per heavy atom. The zero-order valence-corrected chi connectivity index (χ0v) is 15.6. The van der Waals surface area contributed by atoms with Gasteiger partial charge in [-0.1, -0.05) is 12.1 Å². The van der Waals surface area contributed by atoms with Gasteiger partial charge in [0.2, 0.25) is 0 Å². The summed E-state index contributed by atoms with van der Waals surface area (Å²) >= 11 is 0. The Hall–Kier alpha value is -3.03. The molecule has 4 heterocycles. The summed E-state index contributed by atoms with van der Waals surface area (Å²) in [7, 11) is 0. The lowest BCUT2D eigenvalue weighted by atomic mass is 10.2. The van der Waals surface area contributed by atoms with E-state index in [0.717, 1.165) is 50.0 Å². The Bertz CT molecular complexity index is 938. The molecule has 0 saturated carbocycles. The number of carbonyl (C=O) groups is 1. The first-order valence-electron chi connectivity index (χ1n) is 9.30. The highest BCUT2D eigenvalue weighted by Crippen LogP contribution is 2.20. The molecule has 0 N–H and O–H groups in total. The zero-order chi connectivity index (χ0) is 18.8. The quantitative estimate of drug-likeness (QED) is 0.690. The number of carbonyl (C=O) groups excluding carboxylic acids is 1. The first-order valence-corrected chi connectivity index (χ1v) is 9.30. The average Bonchev–Trinajstić information content (AvgIpc) is 3.43. The van der Waals surface area contributed by atoms with Gasteiger partial charge in [0.05, 0.1) is 23.0 Å². The van der Waals surface area contributed by atoms with Crippen LogP contribution in [0.2, 0.25) is 0 Å². The van der Waals surface area contributed by atoms with Crippen LogP contribution in [0.15, 0.2) is 29.0 Å². The Morgan fingerprint density at radius 3 is 2.74 bits per heavy atom. The number of hydrogen-bond donors (Lipinski definition) is 0. The highest BCUT2D eigenvalue weighted by Gasteiger charge is 2.23. The van der Waals surface area contributed by atoms with Crippen LogP contribution in [0.3, 0.4) is 0 Å². The second kappa shape index (κ2) is 7.30. The van der Waals surface area contributed by atoms with Gasteiger partial charge in [-0.05, 0) is 38.3 Å². The molecule has 140 valence electrons. The van der Waals surface area contributed by atoms with E-state index in [1.165, 1.54) is 0 Å². The Balaban J connectivity index is 1.56. The van der Waals surface area contributed by atoms with E-state index in [9.17, 15) is 4.79 Å². The largest absolute Gasteiger partial charge is 0.339 e. The summed E-state index contributed by atoms with van der Waals surface area (Å²) in [6, 6.07) is 3.71. The molecule has 1 fully saturated rings. The van der Waals surface area contributed by atoms with Crippen molar-refractivity contribution in [3.05, 3.63) is 41.6 Å². The summed E-state index contributed by atoms with van der Waals surface area (Å²) in [5.74, 6) is 1.84. The SMILES string of the molecule is CCCc1noc(-c2ccc(-n3ncc(C(=O)N4CCCC4)c3C)nc2)n1. The Morgan fingerprint density at radius 2 is 2.04 bits per heavy atom. The van der Waals surface area contributed by atoms with Crippen molar-refractivity contribution in [1.82, 2.24) is 29.8 Å². The van der Waals surface area contributed by atoms with Crippen LogP contribution in [0.5, 0.6) is 0 Å². The van der Waals surface area contributed by atoms with Crippen LogP contribution in [0, 0.1) is 6.92 Å². The summed E-state index contributed by atoms with van der Waals surface area (Å²) in [5, 5.41) is 8.33. The predicted molar refractivity (Wildman–Crippen MR) is 98.5 cm³/mol. The molecule has 1 aliphatic heterocycles. The van der Waals surface area contributed by atoms with Gasteiger partial charge in [0.25, 0.3) is 11.8 Å². The first-order chi connectivity index (χ1) is 13.2. The maximum Gasteiger partial charge on any atom is 0.259 e. The Labute approximate surface area is 157 Å². The minimum atomic E-state index is 0.0437. The van der Waals surface area contributed by atoms with Gasteiger partial charge in [-0.25, -0.2) is 9.67 Å². The fourth-order valence-electron chi connectivity index (χ4n) is 3.28. The third-order valence-electron chi connectivity index (χ3n) is 4.79. The van der Waals surface area contributed by atoms with E-state index in [4.69, 9.17) is 4.52 Å². The molecule has 8 heteroatoms. The standard InChI is InChI=1S/C19H22N6O2/c1-3-6-16-22-18(27-23-16)14-7-8-17(20-11-14)25-13(2)15(12-21-25)19(26)24-9-4-5-10-24/h7-8,11-12H,3-6,9-10H2,1-2H3. The minimum Gasteiger partial charge on any atom is -0.339 e. The molecule has 1 aliphatic rings. The average molecular weight is 366 g/mol. The molecule has 3 aromatic rings. The molecule has 0 aliphatic carbocycles. The molecule has 0 radical (unpaired) electrons. The van der Waals surface area contributed by atoms with Crippen molar-refractivity contribution in [3.8, 4) is 17.3 Å². The summed E-state index contributed by atoms with van der Waals surface area (Å²) in [4.78, 5) is 23.3. The topological polar surface area (TPSA) is 89.9 Å². The van der Waals surface area contributed by atoms with Gasteiger partial charge >= 0.3 is 0 Å². The van der Waals surface area contributed by atoms with Crippen LogP contribution in [0.25, 0.3) is 17.3 Å². The molecule has 0 unspecified atom stereocenters. The van der Waals surface area contributed by atoms with E-state index in [1.807, 2.05) is 24.0 Å². The van der Waals surface area contributed by atoms with Crippen molar-refractivity contribution in [2.45, 2.75) is 39.5 Å². The van der Waals surface area contributed by atoms with Gasteiger partial charge in [-0.15, -0.1) is 0 Å². The lowest BCUT2D eigenvalue weighted by Gasteiger charge is -2.14. The van der Waals surface area contributed by atoms with Gasteiger partial charge in [0.15, 0.2) is 11.6 Å². The fraction of sp³-hybridized carbons (Fsp3) is 0.421. The molecule has 27 heavy (non-hydrogen) atoms. The van der Waals surface area contributed by atoms with Gasteiger partial charge < -0.3 is 9.42 Å². The molecule has 1 amide bonds. The van der Waals surface area contributed by atoms with Gasteiger partial charge in [-0.2, -0.15) is 10.1 Å². The maximum absolute atomic E-state index is 12.6. The molecule has 0 bridgehead atoms. The number of aromatic nitrogens is 5. The van der Waals surface area contributed by atoms with Crippen LogP contribution >= 0.6 is 0 Å². The number of amides is 1. The first kappa shape index (κ1) is 17.4. The van der Waals surface area contributed by atoms with E-state index in [-0.39, 0.29) is 5.91 Å². The van der Waals surface area contributed by atoms with E-state index < -0.39 is 0 Å². The molecular weight excluding hydrogens is 344 g/mol. The second-order valence-corrected chi connectivity index (χ2v) is 6.73. The predicted octanol–water partition coefficient (Wildman–Crippen LogP) is 2.81. The molecule has 8 nitrogen and oxygen atoms in total. The molecule has 0 aromatic carbocycles. The fourth-order valence-corrected chi connectivity index (χ4v) is 3.28. The van der Waals surface area contributed by atoms with Crippen LogP contribution in [-0.4, -0.2) is 48.8 Å². The van der Waals surface area contributed by atoms with Crippen molar-refractivity contribution in [1.29, 1.82) is 0 Å². The van der Waals surface area contributed by atoms with Gasteiger partial charge in [-0.3, -0.25) is 4.79 Å². The van der Waals surface area contributed by atoms with Gasteiger partial charge in [0, 0.05) is 25.7 Å². The number of hydrogen-bond acceptors (Lipinski definition) is 6. The molecule has 4 rings (SSSR count). The molecular formula is C19H22N6O2.